The summed E-state index contributed by atoms with van der Waals surface area (Å²) in [6.45, 7) is 1.57. The van der Waals surface area contributed by atoms with Crippen molar-refractivity contribution in [3.05, 3.63) is 79.7 Å². The first-order valence-electron chi connectivity index (χ1n) is 10.7. The molecule has 0 spiro atoms. The minimum Gasteiger partial charge on any atom is -0.423 e. The highest BCUT2D eigenvalue weighted by Crippen LogP contribution is 2.24. The number of carbonyl (C=O) groups excluding carboxylic acids is 2. The number of nitrogens with one attached hydrogen (secondary N) is 1. The van der Waals surface area contributed by atoms with E-state index in [9.17, 15) is 24.5 Å². The number of esters is 1. The third-order valence-corrected chi connectivity index (χ3v) is 5.74. The maximum absolute atomic E-state index is 12.6. The van der Waals surface area contributed by atoms with Gasteiger partial charge in [0.15, 0.2) is 0 Å². The van der Waals surface area contributed by atoms with Gasteiger partial charge in [-0.3, -0.25) is 14.9 Å². The predicted octanol–water partition coefficient (Wildman–Crippen LogP) is 4.29. The Morgan fingerprint density at radius 2 is 1.85 bits per heavy atom. The molecule has 1 aliphatic carbocycles. The summed E-state index contributed by atoms with van der Waals surface area (Å²) in [7, 11) is 0. The molecule has 1 fully saturated rings. The summed E-state index contributed by atoms with van der Waals surface area (Å²) >= 11 is 0. The lowest BCUT2D eigenvalue weighted by atomic mass is 9.95. The number of fused-ring (bicyclic) bond motifs is 1. The summed E-state index contributed by atoms with van der Waals surface area (Å²) in [5.41, 5.74) is -0.462. The van der Waals surface area contributed by atoms with Crippen molar-refractivity contribution in [3.63, 3.8) is 0 Å². The lowest BCUT2D eigenvalue weighted by molar-refractivity contribution is -0.385. The number of rotatable bonds is 5. The van der Waals surface area contributed by atoms with Gasteiger partial charge < -0.3 is 14.5 Å². The highest BCUT2D eigenvalue weighted by molar-refractivity contribution is 5.97. The van der Waals surface area contributed by atoms with Crippen LogP contribution in [0.2, 0.25) is 0 Å². The van der Waals surface area contributed by atoms with E-state index in [1.807, 2.05) is 0 Å². The van der Waals surface area contributed by atoms with Crippen LogP contribution in [0.3, 0.4) is 0 Å². The van der Waals surface area contributed by atoms with E-state index >= 15 is 0 Å². The van der Waals surface area contributed by atoms with Crippen molar-refractivity contribution in [3.8, 4) is 5.75 Å². The van der Waals surface area contributed by atoms with Gasteiger partial charge in [-0.2, -0.15) is 0 Å². The van der Waals surface area contributed by atoms with E-state index in [0.717, 1.165) is 38.2 Å². The zero-order valence-corrected chi connectivity index (χ0v) is 18.0. The fourth-order valence-electron chi connectivity index (χ4n) is 3.92. The normalized spacial score (nSPS) is 14.1. The van der Waals surface area contributed by atoms with E-state index in [1.54, 1.807) is 13.0 Å². The molecule has 0 radical (unpaired) electrons. The first kappa shape index (κ1) is 22.2. The van der Waals surface area contributed by atoms with E-state index in [-0.39, 0.29) is 34.2 Å². The molecule has 1 N–H and O–H groups in total. The van der Waals surface area contributed by atoms with Crippen molar-refractivity contribution in [1.82, 2.24) is 5.32 Å². The summed E-state index contributed by atoms with van der Waals surface area (Å²) < 4.78 is 10.6. The topological polar surface area (TPSA) is 129 Å². The van der Waals surface area contributed by atoms with Crippen molar-refractivity contribution in [1.29, 1.82) is 0 Å². The van der Waals surface area contributed by atoms with E-state index in [1.165, 1.54) is 30.3 Å². The van der Waals surface area contributed by atoms with Crippen LogP contribution in [-0.4, -0.2) is 22.8 Å². The molecule has 170 valence electrons. The molecule has 1 saturated carbocycles. The Bertz CT molecular complexity index is 1310. The van der Waals surface area contributed by atoms with Crippen LogP contribution in [0, 0.1) is 17.0 Å². The molecule has 1 amide bonds. The van der Waals surface area contributed by atoms with Crippen LogP contribution in [0.5, 0.6) is 5.75 Å². The molecule has 1 aromatic heterocycles. The Morgan fingerprint density at radius 1 is 1.09 bits per heavy atom. The Kier molecular flexibility index (Phi) is 6.21. The van der Waals surface area contributed by atoms with E-state index in [4.69, 9.17) is 9.15 Å². The van der Waals surface area contributed by atoms with Crippen molar-refractivity contribution in [2.45, 2.75) is 45.1 Å². The minimum atomic E-state index is -0.789. The van der Waals surface area contributed by atoms with Gasteiger partial charge in [0.25, 0.3) is 11.6 Å². The fourth-order valence-corrected chi connectivity index (χ4v) is 3.92. The van der Waals surface area contributed by atoms with Gasteiger partial charge in [-0.1, -0.05) is 25.3 Å². The highest BCUT2D eigenvalue weighted by Gasteiger charge is 2.21. The van der Waals surface area contributed by atoms with Crippen molar-refractivity contribution < 1.29 is 23.7 Å². The number of nitro benzene ring substituents is 1. The quantitative estimate of drug-likeness (QED) is 0.202. The van der Waals surface area contributed by atoms with Crippen molar-refractivity contribution in [2.24, 2.45) is 0 Å². The molecule has 0 unspecified atom stereocenters. The summed E-state index contributed by atoms with van der Waals surface area (Å²) in [6, 6.07) is 9.98. The van der Waals surface area contributed by atoms with E-state index < -0.39 is 22.4 Å². The maximum Gasteiger partial charge on any atom is 0.349 e. The molecule has 9 nitrogen and oxygen atoms in total. The van der Waals surface area contributed by atoms with E-state index in [2.05, 4.69) is 5.32 Å². The third kappa shape index (κ3) is 4.92. The summed E-state index contributed by atoms with van der Waals surface area (Å²) in [5.74, 6) is -1.16. The van der Waals surface area contributed by atoms with Crippen LogP contribution in [0.15, 0.2) is 51.7 Å². The molecule has 0 saturated heterocycles. The summed E-state index contributed by atoms with van der Waals surface area (Å²) in [6.07, 6.45) is 5.04. The second kappa shape index (κ2) is 9.23. The zero-order chi connectivity index (χ0) is 23.5. The van der Waals surface area contributed by atoms with Gasteiger partial charge in [-0.05, 0) is 44.0 Å². The average Bonchev–Trinajstić information content (AvgIpc) is 2.79. The second-order valence-electron chi connectivity index (χ2n) is 8.10. The molecule has 0 bridgehead atoms. The zero-order valence-electron chi connectivity index (χ0n) is 18.0. The molecule has 4 rings (SSSR count). The number of hydrogen-bond donors (Lipinski definition) is 1. The molecule has 3 aromatic rings. The first-order valence-corrected chi connectivity index (χ1v) is 10.7. The molecular formula is C24H22N2O7. The van der Waals surface area contributed by atoms with Crippen molar-refractivity contribution in [2.75, 3.05) is 0 Å². The number of carbonyl (C=O) groups is 2. The van der Waals surface area contributed by atoms with Gasteiger partial charge in [-0.15, -0.1) is 0 Å². The number of benzene rings is 2. The first-order chi connectivity index (χ1) is 15.8. The SMILES string of the molecule is Cc1ccc(C(=O)Oc2ccc3cc(C(=O)NC4CCCCC4)c(=O)oc3c2)cc1[N+](=O)[O-]. The minimum absolute atomic E-state index is 0.0172. The predicted molar refractivity (Wildman–Crippen MR) is 120 cm³/mol. The molecule has 0 aliphatic heterocycles. The van der Waals surface area contributed by atoms with Gasteiger partial charge in [0.05, 0.1) is 10.5 Å². The summed E-state index contributed by atoms with van der Waals surface area (Å²) in [5, 5.41) is 14.5. The standard InChI is InChI=1S/C24H22N2O7/c1-14-7-8-16(12-20(14)26(30)31)23(28)32-18-10-9-15-11-19(24(29)33-21(15)13-18)22(27)25-17-5-3-2-4-6-17/h7-13,17H,2-6H2,1H3,(H,25,27). The van der Waals surface area contributed by atoms with Crippen LogP contribution in [0.4, 0.5) is 5.69 Å². The monoisotopic (exact) mass is 450 g/mol. The number of amides is 1. The lowest BCUT2D eigenvalue weighted by Gasteiger charge is -2.22. The van der Waals surface area contributed by atoms with Gasteiger partial charge in [0, 0.05) is 29.1 Å². The highest BCUT2D eigenvalue weighted by atomic mass is 16.6. The Hall–Kier alpha value is -4.01. The van der Waals surface area contributed by atoms with Crippen LogP contribution >= 0.6 is 0 Å². The fraction of sp³-hybridized carbons (Fsp3) is 0.292. The second-order valence-corrected chi connectivity index (χ2v) is 8.10. The lowest BCUT2D eigenvalue weighted by Crippen LogP contribution is -2.38. The molecule has 33 heavy (non-hydrogen) atoms. The average molecular weight is 450 g/mol. The Balaban J connectivity index is 1.54. The molecule has 9 heteroatoms. The van der Waals surface area contributed by atoms with Gasteiger partial charge >= 0.3 is 11.6 Å². The Morgan fingerprint density at radius 3 is 2.58 bits per heavy atom. The summed E-state index contributed by atoms with van der Waals surface area (Å²) in [4.78, 5) is 47.9. The Labute approximate surface area is 188 Å². The largest absolute Gasteiger partial charge is 0.423 e. The molecule has 1 aliphatic rings. The van der Waals surface area contributed by atoms with Gasteiger partial charge in [0.2, 0.25) is 0 Å². The smallest absolute Gasteiger partial charge is 0.349 e. The van der Waals surface area contributed by atoms with Crippen molar-refractivity contribution >= 4 is 28.5 Å². The molecule has 0 atom stereocenters. The van der Waals surface area contributed by atoms with Gasteiger partial charge in [0.1, 0.15) is 16.9 Å². The number of hydrogen-bond acceptors (Lipinski definition) is 7. The number of nitrogens with zero attached hydrogens (tertiary/aromatic N) is 1. The maximum atomic E-state index is 12.6. The molecule has 1 heterocycles. The van der Waals surface area contributed by atoms with Crippen LogP contribution in [-0.2, 0) is 0 Å². The third-order valence-electron chi connectivity index (χ3n) is 5.74. The molecular weight excluding hydrogens is 428 g/mol. The van der Waals surface area contributed by atoms with Crippen LogP contribution < -0.4 is 15.7 Å². The van der Waals surface area contributed by atoms with Crippen LogP contribution in [0.25, 0.3) is 11.0 Å². The van der Waals surface area contributed by atoms with Gasteiger partial charge in [-0.25, -0.2) is 9.59 Å². The number of ether oxygens (including phenoxy) is 1. The molecule has 2 aromatic carbocycles. The van der Waals surface area contributed by atoms with Crippen LogP contribution in [0.1, 0.15) is 58.4 Å². The number of aryl methyl sites for hydroxylation is 1. The van der Waals surface area contributed by atoms with E-state index in [0.29, 0.717) is 10.9 Å². The number of nitro groups is 1.